The largest absolute Gasteiger partial charge is 0.484 e. The molecule has 0 saturated heterocycles. The topological polar surface area (TPSA) is 96.5 Å². The van der Waals surface area contributed by atoms with Gasteiger partial charge in [-0.05, 0) is 68.9 Å². The Kier molecular flexibility index (Phi) is 7.62. The lowest BCUT2D eigenvalue weighted by Gasteiger charge is -2.35. The van der Waals surface area contributed by atoms with Gasteiger partial charge in [0.25, 0.3) is 0 Å². The van der Waals surface area contributed by atoms with Crippen LogP contribution in [-0.4, -0.2) is 39.5 Å². The van der Waals surface area contributed by atoms with E-state index >= 15 is 0 Å². The summed E-state index contributed by atoms with van der Waals surface area (Å²) in [5.74, 6) is 1.85. The zero-order valence-electron chi connectivity index (χ0n) is 18.9. The molecule has 1 amide bonds. The Morgan fingerprint density at radius 1 is 1.15 bits per heavy atom. The fraction of sp³-hybridized carbons (Fsp3) is 0.385. The van der Waals surface area contributed by atoms with Crippen LogP contribution in [0.1, 0.15) is 43.2 Å². The third-order valence-electron chi connectivity index (χ3n) is 5.94. The van der Waals surface area contributed by atoms with Crippen LogP contribution in [0.4, 0.5) is 0 Å². The number of hydrogen-bond donors (Lipinski definition) is 3. The van der Waals surface area contributed by atoms with Crippen molar-refractivity contribution >= 4 is 5.91 Å². The fourth-order valence-electron chi connectivity index (χ4n) is 4.10. The van der Waals surface area contributed by atoms with Gasteiger partial charge in [0.2, 0.25) is 5.91 Å². The van der Waals surface area contributed by atoms with Crippen LogP contribution in [0.5, 0.6) is 17.2 Å². The van der Waals surface area contributed by atoms with Crippen LogP contribution in [0.15, 0.2) is 60.9 Å². The van der Waals surface area contributed by atoms with Crippen molar-refractivity contribution in [2.75, 3.05) is 0 Å². The molecule has 7 heteroatoms. The number of benzene rings is 2. The van der Waals surface area contributed by atoms with E-state index in [1.165, 1.54) is 0 Å². The number of aliphatic hydroxyl groups excluding tert-OH is 1. The molecule has 1 aliphatic rings. The summed E-state index contributed by atoms with van der Waals surface area (Å²) >= 11 is 0. The molecule has 0 spiro atoms. The molecule has 0 radical (unpaired) electrons. The summed E-state index contributed by atoms with van der Waals surface area (Å²) in [6.07, 6.45) is 6.65. The van der Waals surface area contributed by atoms with Crippen molar-refractivity contribution in [1.82, 2.24) is 15.5 Å². The van der Waals surface area contributed by atoms with Crippen molar-refractivity contribution in [3.63, 3.8) is 0 Å². The molecule has 33 heavy (non-hydrogen) atoms. The zero-order chi connectivity index (χ0) is 23.0. The number of nitrogens with one attached hydrogen (secondary N) is 2. The number of aliphatic hydroxyl groups is 1. The smallest absolute Gasteiger partial charge is 0.220 e. The van der Waals surface area contributed by atoms with Gasteiger partial charge in [-0.2, -0.15) is 5.10 Å². The van der Waals surface area contributed by atoms with Crippen LogP contribution >= 0.6 is 0 Å². The van der Waals surface area contributed by atoms with Crippen LogP contribution in [0.3, 0.4) is 0 Å². The molecule has 4 rings (SSSR count). The molecular weight excluding hydrogens is 418 g/mol. The van der Waals surface area contributed by atoms with E-state index < -0.39 is 12.2 Å². The van der Waals surface area contributed by atoms with Gasteiger partial charge in [0, 0.05) is 12.6 Å². The first-order valence-corrected chi connectivity index (χ1v) is 11.5. The number of para-hydroxylation sites is 2. The zero-order valence-corrected chi connectivity index (χ0v) is 18.9. The minimum absolute atomic E-state index is 0.0497. The maximum atomic E-state index is 12.4. The van der Waals surface area contributed by atoms with Crippen molar-refractivity contribution in [3.8, 4) is 17.2 Å². The Morgan fingerprint density at radius 2 is 1.94 bits per heavy atom. The van der Waals surface area contributed by atoms with Crippen molar-refractivity contribution in [3.05, 3.63) is 72.1 Å². The van der Waals surface area contributed by atoms with Crippen LogP contribution in [0.2, 0.25) is 0 Å². The Bertz CT molecular complexity index is 1020. The van der Waals surface area contributed by atoms with Gasteiger partial charge in [-0.25, -0.2) is 0 Å². The van der Waals surface area contributed by atoms with Gasteiger partial charge >= 0.3 is 0 Å². The monoisotopic (exact) mass is 449 g/mol. The quantitative estimate of drug-likeness (QED) is 0.452. The maximum Gasteiger partial charge on any atom is 0.220 e. The highest BCUT2D eigenvalue weighted by Gasteiger charge is 2.34. The molecule has 1 heterocycles. The summed E-state index contributed by atoms with van der Waals surface area (Å²) in [7, 11) is 0. The molecule has 3 aromatic rings. The van der Waals surface area contributed by atoms with Gasteiger partial charge in [-0.1, -0.05) is 29.8 Å². The Morgan fingerprint density at radius 3 is 2.70 bits per heavy atom. The maximum absolute atomic E-state index is 12.4. The molecule has 0 aliphatic heterocycles. The molecule has 3 N–H and O–H groups in total. The van der Waals surface area contributed by atoms with E-state index in [4.69, 9.17) is 9.47 Å². The molecular formula is C26H31N3O4. The van der Waals surface area contributed by atoms with Crippen LogP contribution < -0.4 is 14.8 Å². The van der Waals surface area contributed by atoms with Crippen molar-refractivity contribution in [2.45, 2.75) is 63.7 Å². The number of aryl methyl sites for hydroxylation is 2. The van der Waals surface area contributed by atoms with Gasteiger partial charge in [0.15, 0.2) is 11.5 Å². The fourth-order valence-corrected chi connectivity index (χ4v) is 4.10. The normalized spacial score (nSPS) is 20.2. The van der Waals surface area contributed by atoms with Crippen molar-refractivity contribution in [2.24, 2.45) is 0 Å². The molecule has 1 saturated carbocycles. The second-order valence-electron chi connectivity index (χ2n) is 8.57. The molecule has 1 aromatic heterocycles. The Labute approximate surface area is 194 Å². The van der Waals surface area contributed by atoms with Gasteiger partial charge < -0.3 is 19.9 Å². The number of aromatic nitrogens is 2. The number of amides is 1. The molecule has 1 aliphatic carbocycles. The Balaban J connectivity index is 1.33. The molecule has 7 nitrogen and oxygen atoms in total. The number of carbonyl (C=O) groups excluding carboxylic acids is 1. The number of hydrogen-bond acceptors (Lipinski definition) is 5. The van der Waals surface area contributed by atoms with Gasteiger partial charge in [0.05, 0.1) is 12.2 Å². The van der Waals surface area contributed by atoms with E-state index in [1.54, 1.807) is 6.20 Å². The third-order valence-corrected chi connectivity index (χ3v) is 5.94. The average Bonchev–Trinajstić information content (AvgIpc) is 3.33. The SMILES string of the molecule is Cc1ccc(Oc2ccccc2O[C@@H]2CCC[C@@H](NC(=O)CCCc3cn[nH]c3)[C@H]2O)cc1. The average molecular weight is 450 g/mol. The van der Waals surface area contributed by atoms with E-state index in [0.717, 1.165) is 42.6 Å². The summed E-state index contributed by atoms with van der Waals surface area (Å²) in [6.45, 7) is 2.03. The predicted octanol–water partition coefficient (Wildman–Crippen LogP) is 4.31. The first kappa shape index (κ1) is 22.9. The number of carbonyl (C=O) groups is 1. The Hall–Kier alpha value is -3.32. The van der Waals surface area contributed by atoms with Gasteiger partial charge in [0.1, 0.15) is 18.0 Å². The van der Waals surface area contributed by atoms with Crippen LogP contribution in [0.25, 0.3) is 0 Å². The lowest BCUT2D eigenvalue weighted by Crippen LogP contribution is -2.52. The summed E-state index contributed by atoms with van der Waals surface area (Å²) in [6, 6.07) is 15.0. The second-order valence-corrected chi connectivity index (χ2v) is 8.57. The molecule has 0 bridgehead atoms. The number of aromatic amines is 1. The van der Waals surface area contributed by atoms with E-state index in [9.17, 15) is 9.90 Å². The van der Waals surface area contributed by atoms with E-state index in [2.05, 4.69) is 15.5 Å². The molecule has 0 unspecified atom stereocenters. The number of H-pyrrole nitrogens is 1. The second kappa shape index (κ2) is 11.0. The number of ether oxygens (including phenoxy) is 2. The van der Waals surface area contributed by atoms with Crippen LogP contribution in [-0.2, 0) is 11.2 Å². The van der Waals surface area contributed by atoms with Crippen LogP contribution in [0, 0.1) is 6.92 Å². The first-order valence-electron chi connectivity index (χ1n) is 11.5. The van der Waals surface area contributed by atoms with E-state index in [-0.39, 0.29) is 11.9 Å². The lowest BCUT2D eigenvalue weighted by molar-refractivity contribution is -0.124. The van der Waals surface area contributed by atoms with Crippen molar-refractivity contribution < 1.29 is 19.4 Å². The summed E-state index contributed by atoms with van der Waals surface area (Å²) < 4.78 is 12.2. The number of nitrogens with zero attached hydrogens (tertiary/aromatic N) is 1. The molecule has 2 aromatic carbocycles. The molecule has 174 valence electrons. The summed E-state index contributed by atoms with van der Waals surface area (Å²) in [5, 5.41) is 20.6. The lowest BCUT2D eigenvalue weighted by atomic mass is 9.89. The van der Waals surface area contributed by atoms with E-state index in [0.29, 0.717) is 24.3 Å². The highest BCUT2D eigenvalue weighted by atomic mass is 16.5. The van der Waals surface area contributed by atoms with Gasteiger partial charge in [-0.15, -0.1) is 0 Å². The van der Waals surface area contributed by atoms with Crippen molar-refractivity contribution in [1.29, 1.82) is 0 Å². The number of rotatable bonds is 9. The summed E-state index contributed by atoms with van der Waals surface area (Å²) in [4.78, 5) is 12.4. The highest BCUT2D eigenvalue weighted by Crippen LogP contribution is 2.34. The third kappa shape index (κ3) is 6.35. The summed E-state index contributed by atoms with van der Waals surface area (Å²) in [5.41, 5.74) is 2.24. The minimum Gasteiger partial charge on any atom is -0.484 e. The minimum atomic E-state index is -0.788. The predicted molar refractivity (Wildman–Crippen MR) is 125 cm³/mol. The van der Waals surface area contributed by atoms with E-state index in [1.807, 2.05) is 61.7 Å². The highest BCUT2D eigenvalue weighted by molar-refractivity contribution is 5.76. The van der Waals surface area contributed by atoms with Gasteiger partial charge in [-0.3, -0.25) is 9.89 Å². The molecule has 1 fully saturated rings. The molecule has 3 atom stereocenters. The standard InChI is InChI=1S/C26H31N3O4/c1-18-12-14-20(15-13-18)32-22-8-2-3-9-23(22)33-24-10-5-7-21(26(24)31)29-25(30)11-4-6-19-16-27-28-17-19/h2-3,8-9,12-17,21,24,26,31H,4-7,10-11H2,1H3,(H,27,28)(H,29,30)/t21-,24-,26-/m1/s1. The first-order chi connectivity index (χ1) is 16.1.